The summed E-state index contributed by atoms with van der Waals surface area (Å²) in [5.74, 6) is 0.127. The Kier molecular flexibility index (Phi) is 4.14. The Balaban J connectivity index is 1.83. The van der Waals surface area contributed by atoms with E-state index in [0.29, 0.717) is 17.0 Å². The molecule has 1 amide bonds. The van der Waals surface area contributed by atoms with Crippen molar-refractivity contribution in [2.24, 2.45) is 0 Å². The first-order valence-corrected chi connectivity index (χ1v) is 8.30. The van der Waals surface area contributed by atoms with Crippen LogP contribution in [0, 0.1) is 0 Å². The molecule has 1 aromatic heterocycles. The van der Waals surface area contributed by atoms with Crippen molar-refractivity contribution in [1.29, 1.82) is 0 Å². The first kappa shape index (κ1) is 17.2. The Morgan fingerprint density at radius 2 is 1.74 bits per heavy atom. The van der Waals surface area contributed by atoms with E-state index >= 15 is 0 Å². The van der Waals surface area contributed by atoms with E-state index in [1.165, 1.54) is 29.4 Å². The first-order valence-electron chi connectivity index (χ1n) is 8.30. The molecular formula is C20H15F3N2O2. The van der Waals surface area contributed by atoms with E-state index in [1.54, 1.807) is 36.4 Å². The van der Waals surface area contributed by atoms with Crippen LogP contribution in [0.5, 0.6) is 0 Å². The third kappa shape index (κ3) is 3.16. The van der Waals surface area contributed by atoms with Crippen LogP contribution in [0.4, 0.5) is 18.9 Å². The average molecular weight is 372 g/mol. The van der Waals surface area contributed by atoms with E-state index in [9.17, 15) is 18.0 Å². The minimum Gasteiger partial charge on any atom is -0.467 e. The number of alkyl halides is 3. The molecule has 2 aromatic carbocycles. The minimum absolute atomic E-state index is 0.0144. The molecule has 7 heteroatoms. The molecule has 0 aliphatic carbocycles. The maximum atomic E-state index is 13.6. The van der Waals surface area contributed by atoms with Gasteiger partial charge in [0.25, 0.3) is 5.91 Å². The highest BCUT2D eigenvalue weighted by Gasteiger charge is 2.40. The fraction of sp³-hybridized carbons (Fsp3) is 0.150. The second kappa shape index (κ2) is 6.50. The van der Waals surface area contributed by atoms with Crippen molar-refractivity contribution in [2.75, 3.05) is 5.32 Å². The van der Waals surface area contributed by atoms with Gasteiger partial charge in [-0.1, -0.05) is 30.3 Å². The fourth-order valence-corrected chi connectivity index (χ4v) is 3.27. The zero-order valence-corrected chi connectivity index (χ0v) is 14.0. The van der Waals surface area contributed by atoms with Crippen molar-refractivity contribution in [3.8, 4) is 0 Å². The summed E-state index contributed by atoms with van der Waals surface area (Å²) in [5.41, 5.74) is 0.114. The highest BCUT2D eigenvalue weighted by molar-refractivity contribution is 6.01. The van der Waals surface area contributed by atoms with Gasteiger partial charge in [0.2, 0.25) is 0 Å². The standard InChI is InChI=1S/C20H15F3N2O2/c21-20(22,23)16-9-3-1-7-14(16)18-24-17-10-4-2-8-15(17)19(26)25(18)12-13-6-5-11-27-13/h1-11,18,24H,12H2/t18-/m1/s1. The van der Waals surface area contributed by atoms with Crippen molar-refractivity contribution in [1.82, 2.24) is 4.90 Å². The quantitative estimate of drug-likeness (QED) is 0.699. The smallest absolute Gasteiger partial charge is 0.416 e. The molecule has 1 aliphatic rings. The molecule has 0 fully saturated rings. The number of nitrogens with zero attached hydrogens (tertiary/aromatic N) is 1. The van der Waals surface area contributed by atoms with Crippen molar-refractivity contribution in [2.45, 2.75) is 18.9 Å². The number of nitrogens with one attached hydrogen (secondary N) is 1. The van der Waals surface area contributed by atoms with Gasteiger partial charge in [-0.3, -0.25) is 4.79 Å². The summed E-state index contributed by atoms with van der Waals surface area (Å²) in [6.45, 7) is 0.0457. The van der Waals surface area contributed by atoms with Crippen LogP contribution in [-0.2, 0) is 12.7 Å². The van der Waals surface area contributed by atoms with Gasteiger partial charge in [0.15, 0.2) is 0 Å². The zero-order valence-electron chi connectivity index (χ0n) is 14.0. The Labute approximate surface area is 153 Å². The van der Waals surface area contributed by atoms with E-state index < -0.39 is 17.9 Å². The number of amides is 1. The molecule has 0 saturated carbocycles. The van der Waals surface area contributed by atoms with Crippen LogP contribution < -0.4 is 5.32 Å². The number of fused-ring (bicyclic) bond motifs is 1. The van der Waals surface area contributed by atoms with E-state index in [1.807, 2.05) is 0 Å². The molecule has 0 unspecified atom stereocenters. The lowest BCUT2D eigenvalue weighted by molar-refractivity contribution is -0.138. The molecule has 1 aliphatic heterocycles. The number of furan rings is 1. The van der Waals surface area contributed by atoms with E-state index in [-0.39, 0.29) is 18.0 Å². The van der Waals surface area contributed by atoms with Gasteiger partial charge in [-0.15, -0.1) is 0 Å². The molecule has 0 bridgehead atoms. The Morgan fingerprint density at radius 3 is 2.48 bits per heavy atom. The lowest BCUT2D eigenvalue weighted by Crippen LogP contribution is -2.43. The predicted molar refractivity (Wildman–Crippen MR) is 92.8 cm³/mol. The number of rotatable bonds is 3. The maximum absolute atomic E-state index is 13.6. The summed E-state index contributed by atoms with van der Waals surface area (Å²) in [6, 6.07) is 15.4. The SMILES string of the molecule is O=C1c2ccccc2N[C@@H](c2ccccc2C(F)(F)F)N1Cc1ccco1. The minimum atomic E-state index is -4.53. The number of carbonyl (C=O) groups excluding carboxylic acids is 1. The summed E-state index contributed by atoms with van der Waals surface area (Å²) in [6.07, 6.45) is -4.05. The molecule has 2 heterocycles. The molecule has 0 radical (unpaired) electrons. The number of benzene rings is 2. The third-order valence-electron chi connectivity index (χ3n) is 4.49. The molecular weight excluding hydrogens is 357 g/mol. The molecule has 4 rings (SSSR count). The van der Waals surface area contributed by atoms with Gasteiger partial charge in [0.1, 0.15) is 11.9 Å². The summed E-state index contributed by atoms with van der Waals surface area (Å²) in [4.78, 5) is 14.4. The fourth-order valence-electron chi connectivity index (χ4n) is 3.27. The lowest BCUT2D eigenvalue weighted by Gasteiger charge is -2.38. The molecule has 0 saturated heterocycles. The van der Waals surface area contributed by atoms with Gasteiger partial charge < -0.3 is 14.6 Å². The summed E-state index contributed by atoms with van der Waals surface area (Å²) in [5, 5.41) is 3.08. The maximum Gasteiger partial charge on any atom is 0.416 e. The van der Waals surface area contributed by atoms with Crippen LogP contribution in [0.15, 0.2) is 71.3 Å². The molecule has 1 atom stereocenters. The van der Waals surface area contributed by atoms with Crippen LogP contribution in [0.3, 0.4) is 0 Å². The number of halogens is 3. The predicted octanol–water partition coefficient (Wildman–Crippen LogP) is 5.07. The van der Waals surface area contributed by atoms with E-state index in [2.05, 4.69) is 5.32 Å². The highest BCUT2D eigenvalue weighted by atomic mass is 19.4. The van der Waals surface area contributed by atoms with Crippen LogP contribution >= 0.6 is 0 Å². The summed E-state index contributed by atoms with van der Waals surface area (Å²) < 4.78 is 46.0. The molecule has 27 heavy (non-hydrogen) atoms. The molecule has 138 valence electrons. The van der Waals surface area contributed by atoms with Crippen LogP contribution in [0.2, 0.25) is 0 Å². The normalized spacial score (nSPS) is 16.8. The van der Waals surface area contributed by atoms with Crippen LogP contribution in [0.1, 0.15) is 33.4 Å². The number of carbonyl (C=O) groups is 1. The van der Waals surface area contributed by atoms with Crippen molar-refractivity contribution in [3.05, 3.63) is 89.4 Å². The van der Waals surface area contributed by atoms with Gasteiger partial charge in [-0.2, -0.15) is 13.2 Å². The van der Waals surface area contributed by atoms with Crippen molar-refractivity contribution >= 4 is 11.6 Å². The molecule has 1 N–H and O–H groups in total. The zero-order chi connectivity index (χ0) is 19.0. The van der Waals surface area contributed by atoms with Gasteiger partial charge in [-0.25, -0.2) is 0 Å². The highest BCUT2D eigenvalue weighted by Crippen LogP contribution is 2.40. The van der Waals surface area contributed by atoms with Crippen LogP contribution in [0.25, 0.3) is 0 Å². The summed E-state index contributed by atoms with van der Waals surface area (Å²) in [7, 11) is 0. The molecule has 3 aromatic rings. The van der Waals surface area contributed by atoms with Gasteiger partial charge in [0.05, 0.1) is 23.9 Å². The molecule has 4 nitrogen and oxygen atoms in total. The number of hydrogen-bond donors (Lipinski definition) is 1. The summed E-state index contributed by atoms with van der Waals surface area (Å²) >= 11 is 0. The average Bonchev–Trinajstić information content (AvgIpc) is 3.16. The largest absolute Gasteiger partial charge is 0.467 e. The second-order valence-corrected chi connectivity index (χ2v) is 6.19. The number of anilines is 1. The van der Waals surface area contributed by atoms with E-state index in [0.717, 1.165) is 6.07 Å². The van der Waals surface area contributed by atoms with Gasteiger partial charge in [-0.05, 0) is 30.3 Å². The number of hydrogen-bond acceptors (Lipinski definition) is 3. The Morgan fingerprint density at radius 1 is 1.00 bits per heavy atom. The van der Waals surface area contributed by atoms with Crippen molar-refractivity contribution in [3.63, 3.8) is 0 Å². The second-order valence-electron chi connectivity index (χ2n) is 6.19. The molecule has 0 spiro atoms. The Hall–Kier alpha value is -3.22. The van der Waals surface area contributed by atoms with Gasteiger partial charge >= 0.3 is 6.18 Å². The monoisotopic (exact) mass is 372 g/mol. The van der Waals surface area contributed by atoms with Crippen molar-refractivity contribution < 1.29 is 22.4 Å². The van der Waals surface area contributed by atoms with E-state index in [4.69, 9.17) is 4.42 Å². The topological polar surface area (TPSA) is 45.5 Å². The third-order valence-corrected chi connectivity index (χ3v) is 4.49. The first-order chi connectivity index (χ1) is 12.9. The van der Waals surface area contributed by atoms with Crippen LogP contribution in [-0.4, -0.2) is 10.8 Å². The number of para-hydroxylation sites is 1. The lowest BCUT2D eigenvalue weighted by atomic mass is 9.99. The Bertz CT molecular complexity index is 967. The van der Waals surface area contributed by atoms with Gasteiger partial charge in [0, 0.05) is 11.3 Å².